The molecule has 4 rings (SSSR count). The van der Waals surface area contributed by atoms with Gasteiger partial charge in [-0.3, -0.25) is 0 Å². The van der Waals surface area contributed by atoms with Crippen LogP contribution in [-0.2, 0) is 25.7 Å². The monoisotopic (exact) mass is 404 g/mol. The molecule has 0 aliphatic carbocycles. The predicted molar refractivity (Wildman–Crippen MR) is 135 cm³/mol. The molecule has 4 aromatic carbocycles. The van der Waals surface area contributed by atoms with Crippen LogP contribution in [0.5, 0.6) is 0 Å². The highest BCUT2D eigenvalue weighted by atomic mass is 14.2. The first-order valence-corrected chi connectivity index (χ1v) is 11.5. The zero-order chi connectivity index (χ0) is 21.6. The van der Waals surface area contributed by atoms with Crippen LogP contribution in [0.15, 0.2) is 91.0 Å². The van der Waals surface area contributed by atoms with Crippen LogP contribution in [0.3, 0.4) is 0 Å². The first-order valence-electron chi connectivity index (χ1n) is 11.5. The zero-order valence-electron chi connectivity index (χ0n) is 19.0. The number of benzene rings is 4. The lowest BCUT2D eigenvalue weighted by atomic mass is 9.87. The van der Waals surface area contributed by atoms with Crippen molar-refractivity contribution in [3.8, 4) is 22.3 Å². The maximum Gasteiger partial charge on any atom is -0.00998 e. The minimum absolute atomic E-state index is 1.05. The Morgan fingerprint density at radius 2 is 1.16 bits per heavy atom. The van der Waals surface area contributed by atoms with Gasteiger partial charge in [0.15, 0.2) is 0 Å². The molecule has 0 saturated heterocycles. The van der Waals surface area contributed by atoms with E-state index >= 15 is 0 Å². The average Bonchev–Trinajstić information content (AvgIpc) is 2.83. The Morgan fingerprint density at radius 1 is 0.516 bits per heavy atom. The van der Waals surface area contributed by atoms with Crippen LogP contribution >= 0.6 is 0 Å². The molecular weight excluding hydrogens is 372 g/mol. The molecule has 0 heteroatoms. The fourth-order valence-corrected chi connectivity index (χ4v) is 4.25. The highest BCUT2D eigenvalue weighted by Gasteiger charge is 2.13. The molecule has 0 radical (unpaired) electrons. The minimum Gasteiger partial charge on any atom is -0.0622 e. The van der Waals surface area contributed by atoms with Gasteiger partial charge in [-0.05, 0) is 77.1 Å². The van der Waals surface area contributed by atoms with E-state index < -0.39 is 0 Å². The summed E-state index contributed by atoms with van der Waals surface area (Å²) in [7, 11) is 0. The smallest absolute Gasteiger partial charge is 0.00998 e. The topological polar surface area (TPSA) is 0 Å². The van der Waals surface area contributed by atoms with Gasteiger partial charge in [-0.25, -0.2) is 0 Å². The Hall–Kier alpha value is -3.12. The van der Waals surface area contributed by atoms with E-state index in [9.17, 15) is 0 Å². The molecule has 0 fully saturated rings. The summed E-state index contributed by atoms with van der Waals surface area (Å²) in [5, 5.41) is 0. The molecule has 156 valence electrons. The van der Waals surface area contributed by atoms with Gasteiger partial charge in [0.2, 0.25) is 0 Å². The molecule has 4 aromatic rings. The van der Waals surface area contributed by atoms with E-state index in [0.717, 1.165) is 25.7 Å². The summed E-state index contributed by atoms with van der Waals surface area (Å²) in [6.07, 6.45) is 4.22. The van der Waals surface area contributed by atoms with Gasteiger partial charge in [0.1, 0.15) is 0 Å². The van der Waals surface area contributed by atoms with E-state index in [-0.39, 0.29) is 0 Å². The third kappa shape index (κ3) is 4.97. The Morgan fingerprint density at radius 3 is 1.84 bits per heavy atom. The van der Waals surface area contributed by atoms with Crippen molar-refractivity contribution in [3.05, 3.63) is 119 Å². The van der Waals surface area contributed by atoms with Crippen molar-refractivity contribution in [2.45, 2.75) is 46.5 Å². The second kappa shape index (κ2) is 9.79. The van der Waals surface area contributed by atoms with Gasteiger partial charge in [-0.1, -0.05) is 110 Å². The summed E-state index contributed by atoms with van der Waals surface area (Å²) >= 11 is 0. The molecule has 0 saturated carbocycles. The van der Waals surface area contributed by atoms with Crippen molar-refractivity contribution in [2.75, 3.05) is 0 Å². The van der Waals surface area contributed by atoms with Crippen LogP contribution < -0.4 is 0 Å². The van der Waals surface area contributed by atoms with E-state index in [2.05, 4.69) is 112 Å². The molecule has 31 heavy (non-hydrogen) atoms. The lowest BCUT2D eigenvalue weighted by Gasteiger charge is -2.17. The quantitative estimate of drug-likeness (QED) is 0.291. The fraction of sp³-hybridized carbons (Fsp3) is 0.226. The molecule has 0 spiro atoms. The van der Waals surface area contributed by atoms with E-state index in [1.807, 2.05) is 0 Å². The Balaban J connectivity index is 1.82. The van der Waals surface area contributed by atoms with Gasteiger partial charge < -0.3 is 0 Å². The normalized spacial score (nSPS) is 10.9. The lowest BCUT2D eigenvalue weighted by Crippen LogP contribution is -1.98. The van der Waals surface area contributed by atoms with Gasteiger partial charge >= 0.3 is 0 Å². The third-order valence-corrected chi connectivity index (χ3v) is 6.25. The second-order valence-electron chi connectivity index (χ2n) is 8.43. The lowest BCUT2D eigenvalue weighted by molar-refractivity contribution is 0.959. The standard InChI is InChI=1S/C31H32/c1-4-24-13-18-28(19-14-26-9-7-6-8-10-26)30(21-24)31-22-25(5-2)15-20-29(31)27-16-11-23(3)12-17-27/h6-13,15-18,20-22H,4-5,14,19H2,1-3H3. The molecule has 0 N–H and O–H groups in total. The number of hydrogen-bond acceptors (Lipinski definition) is 0. The van der Waals surface area contributed by atoms with E-state index in [1.54, 1.807) is 0 Å². The summed E-state index contributed by atoms with van der Waals surface area (Å²) in [5.41, 5.74) is 12.3. The maximum absolute atomic E-state index is 2.42. The van der Waals surface area contributed by atoms with Crippen LogP contribution in [-0.4, -0.2) is 0 Å². The molecule has 0 heterocycles. The second-order valence-corrected chi connectivity index (χ2v) is 8.43. The Labute approximate surface area is 187 Å². The Kier molecular flexibility index (Phi) is 6.67. The SMILES string of the molecule is CCc1ccc(CCc2ccccc2)c(-c2cc(CC)ccc2-c2ccc(C)cc2)c1. The summed E-state index contributed by atoms with van der Waals surface area (Å²) < 4.78 is 0. The van der Waals surface area contributed by atoms with Gasteiger partial charge in [0, 0.05) is 0 Å². The van der Waals surface area contributed by atoms with Crippen LogP contribution in [0.25, 0.3) is 22.3 Å². The van der Waals surface area contributed by atoms with Crippen molar-refractivity contribution in [3.63, 3.8) is 0 Å². The molecule has 0 unspecified atom stereocenters. The van der Waals surface area contributed by atoms with Crippen LogP contribution in [0, 0.1) is 6.92 Å². The van der Waals surface area contributed by atoms with E-state index in [4.69, 9.17) is 0 Å². The molecule has 0 atom stereocenters. The Bertz CT molecular complexity index is 1130. The molecule has 0 bridgehead atoms. The largest absolute Gasteiger partial charge is 0.0622 e. The first-order chi connectivity index (χ1) is 15.2. The van der Waals surface area contributed by atoms with Gasteiger partial charge in [-0.2, -0.15) is 0 Å². The minimum atomic E-state index is 1.05. The summed E-state index contributed by atoms with van der Waals surface area (Å²) in [6, 6.07) is 33.9. The van der Waals surface area contributed by atoms with Crippen molar-refractivity contribution >= 4 is 0 Å². The molecule has 0 aromatic heterocycles. The van der Waals surface area contributed by atoms with Crippen LogP contribution in [0.2, 0.25) is 0 Å². The predicted octanol–water partition coefficient (Wildman–Crippen LogP) is 8.24. The van der Waals surface area contributed by atoms with Crippen molar-refractivity contribution in [2.24, 2.45) is 0 Å². The van der Waals surface area contributed by atoms with Crippen molar-refractivity contribution in [1.82, 2.24) is 0 Å². The van der Waals surface area contributed by atoms with Gasteiger partial charge in [0.05, 0.1) is 0 Å². The number of rotatable bonds is 7. The molecule has 0 nitrogen and oxygen atoms in total. The van der Waals surface area contributed by atoms with Crippen molar-refractivity contribution in [1.29, 1.82) is 0 Å². The van der Waals surface area contributed by atoms with Gasteiger partial charge in [-0.15, -0.1) is 0 Å². The van der Waals surface area contributed by atoms with Gasteiger partial charge in [0.25, 0.3) is 0 Å². The van der Waals surface area contributed by atoms with E-state index in [0.29, 0.717) is 0 Å². The highest BCUT2D eigenvalue weighted by molar-refractivity contribution is 5.85. The molecule has 0 aliphatic rings. The number of aryl methyl sites for hydroxylation is 5. The average molecular weight is 405 g/mol. The van der Waals surface area contributed by atoms with Crippen LogP contribution in [0.4, 0.5) is 0 Å². The summed E-state index contributed by atoms with van der Waals surface area (Å²) in [6.45, 7) is 6.63. The molecule has 0 aliphatic heterocycles. The third-order valence-electron chi connectivity index (χ3n) is 6.25. The zero-order valence-corrected chi connectivity index (χ0v) is 19.0. The summed E-state index contributed by atoms with van der Waals surface area (Å²) in [4.78, 5) is 0. The summed E-state index contributed by atoms with van der Waals surface area (Å²) in [5.74, 6) is 0. The number of hydrogen-bond donors (Lipinski definition) is 0. The first kappa shape index (κ1) is 21.1. The molecular formula is C31H32. The molecule has 0 amide bonds. The van der Waals surface area contributed by atoms with E-state index in [1.165, 1.54) is 50.1 Å². The fourth-order valence-electron chi connectivity index (χ4n) is 4.25. The van der Waals surface area contributed by atoms with Crippen molar-refractivity contribution < 1.29 is 0 Å². The van der Waals surface area contributed by atoms with Crippen LogP contribution in [0.1, 0.15) is 41.7 Å². The maximum atomic E-state index is 2.42. The highest BCUT2D eigenvalue weighted by Crippen LogP contribution is 2.36.